The molecule has 1 atom stereocenters. The van der Waals surface area contributed by atoms with Crippen molar-refractivity contribution in [3.05, 3.63) is 0 Å². The van der Waals surface area contributed by atoms with Crippen LogP contribution < -0.4 is 0 Å². The predicted octanol–water partition coefficient (Wildman–Crippen LogP) is 2.27. The number of aliphatic imine (C=N–C) groups is 1. The summed E-state index contributed by atoms with van der Waals surface area (Å²) < 4.78 is 0. The third-order valence-electron chi connectivity index (χ3n) is 1.50. The summed E-state index contributed by atoms with van der Waals surface area (Å²) in [6.07, 6.45) is 3.41. The first-order chi connectivity index (χ1) is 4.83. The van der Waals surface area contributed by atoms with E-state index in [4.69, 9.17) is 0 Å². The minimum Gasteiger partial charge on any atom is -0.279 e. The average Bonchev–Trinajstić information content (AvgIpc) is 2.31. The smallest absolute Gasteiger partial charge is 0.0649 e. The van der Waals surface area contributed by atoms with Gasteiger partial charge in [-0.25, -0.2) is 0 Å². The number of thioether (sulfide) groups is 2. The monoisotopic (exact) mass is 175 g/mol. The van der Waals surface area contributed by atoms with Crippen LogP contribution in [0.1, 0.15) is 13.3 Å². The lowest BCUT2D eigenvalue weighted by atomic mass is 10.3. The van der Waals surface area contributed by atoms with E-state index in [1.165, 1.54) is 23.0 Å². The van der Waals surface area contributed by atoms with Gasteiger partial charge in [0.2, 0.25) is 0 Å². The minimum absolute atomic E-state index is 0.623. The van der Waals surface area contributed by atoms with Crippen LogP contribution in [-0.4, -0.2) is 28.8 Å². The topological polar surface area (TPSA) is 12.4 Å². The molecular weight excluding hydrogens is 162 g/mol. The lowest BCUT2D eigenvalue weighted by molar-refractivity contribution is 0.745. The number of hydrogen-bond acceptors (Lipinski definition) is 3. The molecule has 1 unspecified atom stereocenters. The lowest BCUT2D eigenvalue weighted by Crippen LogP contribution is -2.04. The van der Waals surface area contributed by atoms with Gasteiger partial charge < -0.3 is 0 Å². The van der Waals surface area contributed by atoms with Gasteiger partial charge in [0, 0.05) is 5.75 Å². The summed E-state index contributed by atoms with van der Waals surface area (Å²) in [5.74, 6) is 2.47. The molecule has 0 N–H and O–H groups in total. The first kappa shape index (κ1) is 8.47. The second kappa shape index (κ2) is 4.29. The van der Waals surface area contributed by atoms with Crippen molar-refractivity contribution in [2.75, 3.05) is 17.8 Å². The van der Waals surface area contributed by atoms with Gasteiger partial charge in [-0.1, -0.05) is 0 Å². The van der Waals surface area contributed by atoms with Crippen molar-refractivity contribution in [1.29, 1.82) is 0 Å². The molecule has 0 aromatic carbocycles. The summed E-state index contributed by atoms with van der Waals surface area (Å²) in [6, 6.07) is 0.623. The highest BCUT2D eigenvalue weighted by Gasteiger charge is 2.13. The Bertz CT molecular complexity index is 134. The van der Waals surface area contributed by atoms with Crippen LogP contribution in [0.25, 0.3) is 0 Å². The quantitative estimate of drug-likeness (QED) is 0.652. The molecule has 1 heterocycles. The molecule has 1 nitrogen and oxygen atoms in total. The molecule has 0 aromatic rings. The molecule has 58 valence electrons. The van der Waals surface area contributed by atoms with E-state index in [-0.39, 0.29) is 0 Å². The Hall–Kier alpha value is 0.370. The van der Waals surface area contributed by atoms with Crippen molar-refractivity contribution < 1.29 is 0 Å². The summed E-state index contributed by atoms with van der Waals surface area (Å²) >= 11 is 3.81. The van der Waals surface area contributed by atoms with Crippen LogP contribution in [-0.2, 0) is 0 Å². The maximum atomic E-state index is 4.49. The first-order valence-corrected chi connectivity index (χ1v) is 5.87. The van der Waals surface area contributed by atoms with Crippen LogP contribution >= 0.6 is 23.5 Å². The first-order valence-electron chi connectivity index (χ1n) is 3.49. The van der Waals surface area contributed by atoms with Gasteiger partial charge in [-0.05, 0) is 25.4 Å². The Morgan fingerprint density at radius 1 is 1.80 bits per heavy atom. The van der Waals surface area contributed by atoms with E-state index >= 15 is 0 Å². The Morgan fingerprint density at radius 2 is 2.60 bits per heavy atom. The number of rotatable bonds is 3. The zero-order chi connectivity index (χ0) is 7.40. The molecule has 1 aliphatic heterocycles. The molecular formula is C7H13NS2. The van der Waals surface area contributed by atoms with Gasteiger partial charge in [0.15, 0.2) is 0 Å². The van der Waals surface area contributed by atoms with Gasteiger partial charge in [-0.15, -0.1) is 11.8 Å². The highest BCUT2D eigenvalue weighted by molar-refractivity contribution is 8.14. The van der Waals surface area contributed by atoms with E-state index in [9.17, 15) is 0 Å². The number of hydrogen-bond donors (Lipinski definition) is 0. The lowest BCUT2D eigenvalue weighted by Gasteiger charge is -2.01. The third-order valence-corrected chi connectivity index (χ3v) is 3.22. The van der Waals surface area contributed by atoms with E-state index < -0.39 is 0 Å². The van der Waals surface area contributed by atoms with Crippen LogP contribution in [0.4, 0.5) is 0 Å². The summed E-state index contributed by atoms with van der Waals surface area (Å²) in [6.45, 7) is 2.10. The third kappa shape index (κ3) is 2.54. The Balaban J connectivity index is 2.18. The molecule has 0 fully saturated rings. The molecule has 1 aliphatic rings. The Kier molecular flexibility index (Phi) is 3.63. The summed E-state index contributed by atoms with van der Waals surface area (Å²) in [7, 11) is 0. The molecule has 0 saturated carbocycles. The maximum Gasteiger partial charge on any atom is 0.0649 e. The van der Waals surface area contributed by atoms with Crippen molar-refractivity contribution in [3.63, 3.8) is 0 Å². The molecule has 0 aromatic heterocycles. The van der Waals surface area contributed by atoms with Crippen molar-refractivity contribution in [3.8, 4) is 0 Å². The van der Waals surface area contributed by atoms with E-state index in [0.717, 1.165) is 0 Å². The highest BCUT2D eigenvalue weighted by atomic mass is 32.2. The second-order valence-corrected chi connectivity index (χ2v) is 4.59. The summed E-state index contributed by atoms with van der Waals surface area (Å²) in [5.41, 5.74) is 0. The fourth-order valence-electron chi connectivity index (χ4n) is 0.950. The van der Waals surface area contributed by atoms with Crippen LogP contribution in [0.3, 0.4) is 0 Å². The van der Waals surface area contributed by atoms with Crippen molar-refractivity contribution >= 4 is 28.6 Å². The Labute approximate surface area is 71.1 Å². The fourth-order valence-corrected chi connectivity index (χ4v) is 2.36. The van der Waals surface area contributed by atoms with Gasteiger partial charge in [-0.3, -0.25) is 4.99 Å². The molecule has 0 radical (unpaired) electrons. The maximum absolute atomic E-state index is 4.49. The van der Waals surface area contributed by atoms with E-state index in [1.807, 2.05) is 23.5 Å². The second-order valence-electron chi connectivity index (χ2n) is 2.39. The predicted molar refractivity (Wildman–Crippen MR) is 52.4 cm³/mol. The van der Waals surface area contributed by atoms with Crippen LogP contribution in [0.15, 0.2) is 4.99 Å². The summed E-state index contributed by atoms with van der Waals surface area (Å²) in [5, 5.41) is 1.27. The van der Waals surface area contributed by atoms with E-state index in [0.29, 0.717) is 6.04 Å². The average molecular weight is 175 g/mol. The molecule has 1 rings (SSSR count). The van der Waals surface area contributed by atoms with Crippen molar-refractivity contribution in [2.45, 2.75) is 19.4 Å². The van der Waals surface area contributed by atoms with Gasteiger partial charge >= 0.3 is 0 Å². The molecule has 0 aliphatic carbocycles. The fraction of sp³-hybridized carbons (Fsp3) is 0.857. The van der Waals surface area contributed by atoms with E-state index in [1.54, 1.807) is 0 Å². The van der Waals surface area contributed by atoms with Crippen LogP contribution in [0, 0.1) is 0 Å². The van der Waals surface area contributed by atoms with Crippen LogP contribution in [0.2, 0.25) is 0 Å². The molecule has 0 bridgehead atoms. The normalized spacial score (nSPS) is 25.0. The van der Waals surface area contributed by atoms with Crippen molar-refractivity contribution in [1.82, 2.24) is 0 Å². The minimum atomic E-state index is 0.623. The number of nitrogens with zero attached hydrogens (tertiary/aromatic N) is 1. The zero-order valence-electron chi connectivity index (χ0n) is 6.46. The molecule has 0 spiro atoms. The zero-order valence-corrected chi connectivity index (χ0v) is 8.10. The van der Waals surface area contributed by atoms with Gasteiger partial charge in [-0.2, -0.15) is 11.8 Å². The van der Waals surface area contributed by atoms with Gasteiger partial charge in [0.05, 0.1) is 11.1 Å². The van der Waals surface area contributed by atoms with Gasteiger partial charge in [0.25, 0.3) is 0 Å². The summed E-state index contributed by atoms with van der Waals surface area (Å²) in [4.78, 5) is 4.49. The van der Waals surface area contributed by atoms with E-state index in [2.05, 4.69) is 18.2 Å². The molecule has 0 amide bonds. The highest BCUT2D eigenvalue weighted by Crippen LogP contribution is 2.20. The Morgan fingerprint density at radius 3 is 3.10 bits per heavy atom. The standard InChI is InChI=1S/C7H13NS2/c1-6-8-7(5-10-6)3-4-9-2/h7H,3-5H2,1-2H3. The largest absolute Gasteiger partial charge is 0.279 e. The molecule has 10 heavy (non-hydrogen) atoms. The van der Waals surface area contributed by atoms with Crippen molar-refractivity contribution in [2.24, 2.45) is 4.99 Å². The molecule has 3 heteroatoms. The SMILES string of the molecule is CSCCC1CSC(C)=N1. The van der Waals surface area contributed by atoms with Gasteiger partial charge in [0.1, 0.15) is 0 Å². The molecule has 0 saturated heterocycles. The van der Waals surface area contributed by atoms with Crippen LogP contribution in [0.5, 0.6) is 0 Å².